The lowest BCUT2D eigenvalue weighted by atomic mass is 9.96. The zero-order valence-electron chi connectivity index (χ0n) is 15.6. The van der Waals surface area contributed by atoms with E-state index in [1.165, 1.54) is 12.1 Å². The van der Waals surface area contributed by atoms with Crippen molar-refractivity contribution in [1.29, 1.82) is 0 Å². The van der Waals surface area contributed by atoms with Gasteiger partial charge >= 0.3 is 0 Å². The van der Waals surface area contributed by atoms with Crippen LogP contribution in [0.2, 0.25) is 0 Å². The fraction of sp³-hybridized carbons (Fsp3) is 0.364. The number of hydrogen-bond acceptors (Lipinski definition) is 2. The second-order valence-corrected chi connectivity index (χ2v) is 7.01. The predicted octanol–water partition coefficient (Wildman–Crippen LogP) is 4.47. The van der Waals surface area contributed by atoms with Gasteiger partial charge in [-0.2, -0.15) is 0 Å². The highest BCUT2D eigenvalue weighted by atomic mass is 19.1. The Morgan fingerprint density at radius 3 is 2.67 bits per heavy atom. The smallest absolute Gasteiger partial charge is 0.229 e. The molecule has 0 bridgehead atoms. The maximum Gasteiger partial charge on any atom is 0.229 e. The van der Waals surface area contributed by atoms with Crippen LogP contribution in [0.4, 0.5) is 10.1 Å². The lowest BCUT2D eigenvalue weighted by Gasteiger charge is -2.32. The average Bonchev–Trinajstić information content (AvgIpc) is 2.69. The van der Waals surface area contributed by atoms with Gasteiger partial charge in [0.05, 0.1) is 5.92 Å². The molecule has 1 aliphatic rings. The Morgan fingerprint density at radius 1 is 1.15 bits per heavy atom. The number of likely N-dealkylation sites (tertiary alicyclic amines) is 1. The highest BCUT2D eigenvalue weighted by Crippen LogP contribution is 2.24. The lowest BCUT2D eigenvalue weighted by Crippen LogP contribution is -2.43. The molecule has 2 aromatic carbocycles. The first kappa shape index (κ1) is 19.1. The molecule has 0 aliphatic carbocycles. The van der Waals surface area contributed by atoms with Gasteiger partial charge in [-0.15, -0.1) is 0 Å². The van der Waals surface area contributed by atoms with Gasteiger partial charge in [0.25, 0.3) is 0 Å². The summed E-state index contributed by atoms with van der Waals surface area (Å²) in [5.41, 5.74) is 2.51. The molecule has 2 aromatic rings. The number of benzene rings is 2. The molecule has 0 radical (unpaired) electrons. The van der Waals surface area contributed by atoms with E-state index in [9.17, 15) is 14.0 Å². The molecule has 0 spiro atoms. The van der Waals surface area contributed by atoms with Crippen molar-refractivity contribution in [3.05, 3.63) is 54.3 Å². The van der Waals surface area contributed by atoms with Crippen molar-refractivity contribution in [2.45, 2.75) is 32.6 Å². The van der Waals surface area contributed by atoms with Crippen molar-refractivity contribution >= 4 is 17.5 Å². The van der Waals surface area contributed by atoms with Crippen LogP contribution in [0.3, 0.4) is 0 Å². The fourth-order valence-electron chi connectivity index (χ4n) is 3.45. The molecule has 1 atom stereocenters. The van der Waals surface area contributed by atoms with E-state index in [4.69, 9.17) is 0 Å². The standard InChI is InChI=1S/C22H25FN2O2/c1-2-5-21(26)25-13-4-7-18(15-25)22(27)24-20-8-3-6-17(14-20)16-9-11-19(23)12-10-16/h3,6,8-12,14,18H,2,4-5,7,13,15H2,1H3,(H,24,27)/t18-/m0/s1. The number of piperidine rings is 1. The average molecular weight is 368 g/mol. The van der Waals surface area contributed by atoms with E-state index >= 15 is 0 Å². The van der Waals surface area contributed by atoms with E-state index in [-0.39, 0.29) is 23.5 Å². The topological polar surface area (TPSA) is 49.4 Å². The van der Waals surface area contributed by atoms with Crippen LogP contribution in [0, 0.1) is 11.7 Å². The van der Waals surface area contributed by atoms with Crippen molar-refractivity contribution in [1.82, 2.24) is 4.90 Å². The van der Waals surface area contributed by atoms with Crippen LogP contribution in [-0.2, 0) is 9.59 Å². The molecule has 0 aromatic heterocycles. The largest absolute Gasteiger partial charge is 0.342 e. The number of hydrogen-bond donors (Lipinski definition) is 1. The molecule has 0 saturated carbocycles. The van der Waals surface area contributed by atoms with Crippen molar-refractivity contribution in [3.63, 3.8) is 0 Å². The summed E-state index contributed by atoms with van der Waals surface area (Å²) in [4.78, 5) is 26.6. The van der Waals surface area contributed by atoms with Crippen molar-refractivity contribution in [3.8, 4) is 11.1 Å². The maximum atomic E-state index is 13.1. The summed E-state index contributed by atoms with van der Waals surface area (Å²) in [6.07, 6.45) is 3.00. The molecule has 1 N–H and O–H groups in total. The molecule has 3 rings (SSSR count). The Bertz CT molecular complexity index is 804. The van der Waals surface area contributed by atoms with Crippen LogP contribution in [0.5, 0.6) is 0 Å². The first-order valence-electron chi connectivity index (χ1n) is 9.51. The van der Waals surface area contributed by atoms with Gasteiger partial charge < -0.3 is 10.2 Å². The van der Waals surface area contributed by atoms with Crippen LogP contribution >= 0.6 is 0 Å². The minimum absolute atomic E-state index is 0.0553. The first-order valence-corrected chi connectivity index (χ1v) is 9.51. The third kappa shape index (κ3) is 4.94. The molecule has 142 valence electrons. The number of nitrogens with zero attached hydrogens (tertiary/aromatic N) is 1. The van der Waals surface area contributed by atoms with E-state index in [1.807, 2.05) is 36.1 Å². The van der Waals surface area contributed by atoms with Crippen molar-refractivity contribution in [2.24, 2.45) is 5.92 Å². The van der Waals surface area contributed by atoms with E-state index in [0.717, 1.165) is 36.9 Å². The molecule has 2 amide bonds. The second-order valence-electron chi connectivity index (χ2n) is 7.01. The molecule has 27 heavy (non-hydrogen) atoms. The van der Waals surface area contributed by atoms with E-state index in [1.54, 1.807) is 12.1 Å². The van der Waals surface area contributed by atoms with Gasteiger partial charge in [-0.05, 0) is 54.7 Å². The van der Waals surface area contributed by atoms with Gasteiger partial charge in [0.1, 0.15) is 5.82 Å². The third-order valence-corrected chi connectivity index (χ3v) is 4.92. The normalized spacial score (nSPS) is 16.8. The Morgan fingerprint density at radius 2 is 1.93 bits per heavy atom. The van der Waals surface area contributed by atoms with Gasteiger partial charge in [-0.1, -0.05) is 31.2 Å². The number of rotatable bonds is 5. The van der Waals surface area contributed by atoms with Crippen LogP contribution < -0.4 is 5.32 Å². The zero-order chi connectivity index (χ0) is 19.2. The summed E-state index contributed by atoms with van der Waals surface area (Å²) in [6, 6.07) is 13.8. The molecule has 1 heterocycles. The molecular formula is C22H25FN2O2. The van der Waals surface area contributed by atoms with E-state index in [2.05, 4.69) is 5.32 Å². The Kier molecular flexibility index (Phi) is 6.22. The number of halogens is 1. The molecule has 1 saturated heterocycles. The van der Waals surface area contributed by atoms with Gasteiger partial charge in [-0.3, -0.25) is 9.59 Å². The highest BCUT2D eigenvalue weighted by molar-refractivity contribution is 5.93. The summed E-state index contributed by atoms with van der Waals surface area (Å²) < 4.78 is 13.1. The maximum absolute atomic E-state index is 13.1. The zero-order valence-corrected chi connectivity index (χ0v) is 15.6. The summed E-state index contributed by atoms with van der Waals surface area (Å²) in [6.45, 7) is 3.21. The molecule has 5 heteroatoms. The minimum atomic E-state index is -0.275. The Balaban J connectivity index is 1.66. The Labute approximate surface area is 159 Å². The summed E-state index contributed by atoms with van der Waals surface area (Å²) in [5.74, 6) is -0.384. The van der Waals surface area contributed by atoms with Crippen molar-refractivity contribution in [2.75, 3.05) is 18.4 Å². The van der Waals surface area contributed by atoms with Crippen LogP contribution in [0.25, 0.3) is 11.1 Å². The van der Waals surface area contributed by atoms with Gasteiger partial charge in [0, 0.05) is 25.2 Å². The molecule has 0 unspecified atom stereocenters. The number of carbonyl (C=O) groups excluding carboxylic acids is 2. The van der Waals surface area contributed by atoms with Gasteiger partial charge in [0.2, 0.25) is 11.8 Å². The number of anilines is 1. The van der Waals surface area contributed by atoms with Crippen LogP contribution in [0.15, 0.2) is 48.5 Å². The molecular weight excluding hydrogens is 343 g/mol. The Hall–Kier alpha value is -2.69. The summed E-state index contributed by atoms with van der Waals surface area (Å²) >= 11 is 0. The van der Waals surface area contributed by atoms with Crippen LogP contribution in [0.1, 0.15) is 32.6 Å². The quantitative estimate of drug-likeness (QED) is 0.846. The highest BCUT2D eigenvalue weighted by Gasteiger charge is 2.28. The van der Waals surface area contributed by atoms with E-state index < -0.39 is 0 Å². The molecule has 1 aliphatic heterocycles. The van der Waals surface area contributed by atoms with Gasteiger partial charge in [-0.25, -0.2) is 4.39 Å². The monoisotopic (exact) mass is 368 g/mol. The van der Waals surface area contributed by atoms with Crippen LogP contribution in [-0.4, -0.2) is 29.8 Å². The minimum Gasteiger partial charge on any atom is -0.342 e. The number of carbonyl (C=O) groups is 2. The van der Waals surface area contributed by atoms with E-state index in [0.29, 0.717) is 18.7 Å². The fourth-order valence-corrected chi connectivity index (χ4v) is 3.45. The molecule has 1 fully saturated rings. The number of amides is 2. The third-order valence-electron chi connectivity index (χ3n) is 4.92. The SMILES string of the molecule is CCCC(=O)N1CCC[C@H](C(=O)Nc2cccc(-c3ccc(F)cc3)c2)C1. The summed E-state index contributed by atoms with van der Waals surface area (Å²) in [5, 5.41) is 2.97. The first-order chi connectivity index (χ1) is 13.1. The molecule has 4 nitrogen and oxygen atoms in total. The lowest BCUT2D eigenvalue weighted by molar-refractivity contribution is -0.134. The predicted molar refractivity (Wildman–Crippen MR) is 105 cm³/mol. The summed E-state index contributed by atoms with van der Waals surface area (Å²) in [7, 11) is 0. The number of nitrogens with one attached hydrogen (secondary N) is 1. The second kappa shape index (κ2) is 8.80. The van der Waals surface area contributed by atoms with Crippen molar-refractivity contribution < 1.29 is 14.0 Å². The van der Waals surface area contributed by atoms with Gasteiger partial charge in [0.15, 0.2) is 0 Å².